The molecule has 0 aromatic heterocycles. The molecule has 14 heavy (non-hydrogen) atoms. The molecular formula is C10H9N2O2. The Balaban J connectivity index is 3.01. The van der Waals surface area contributed by atoms with Gasteiger partial charge in [0.1, 0.15) is 11.6 Å². The molecule has 0 fully saturated rings. The highest BCUT2D eigenvalue weighted by Crippen LogP contribution is 2.11. The number of benzene rings is 1. The fraction of sp³-hybridized carbons (Fsp3) is 0. The van der Waals surface area contributed by atoms with E-state index in [0.29, 0.717) is 5.56 Å². The van der Waals surface area contributed by atoms with Crippen molar-refractivity contribution in [1.82, 2.24) is 0 Å². The molecule has 0 aliphatic rings. The number of amidine groups is 1. The van der Waals surface area contributed by atoms with Crippen molar-refractivity contribution in [3.05, 3.63) is 35.4 Å². The summed E-state index contributed by atoms with van der Waals surface area (Å²) in [6.07, 6.45) is 2.99. The molecule has 4 N–H and O–H groups in total. The van der Waals surface area contributed by atoms with E-state index in [2.05, 4.69) is 0 Å². The third-order valence-electron chi connectivity index (χ3n) is 1.60. The minimum absolute atomic E-state index is 0.00399. The van der Waals surface area contributed by atoms with Crippen LogP contribution in [0.5, 0.6) is 5.75 Å². The second kappa shape index (κ2) is 4.23. The van der Waals surface area contributed by atoms with E-state index in [9.17, 15) is 4.79 Å². The molecule has 71 valence electrons. The van der Waals surface area contributed by atoms with Crippen molar-refractivity contribution in [2.24, 2.45) is 5.73 Å². The van der Waals surface area contributed by atoms with Crippen molar-refractivity contribution in [2.75, 3.05) is 0 Å². The minimum atomic E-state index is -0.326. The first-order valence-corrected chi connectivity index (χ1v) is 3.87. The molecule has 4 nitrogen and oxygen atoms in total. The van der Waals surface area contributed by atoms with E-state index in [1.54, 1.807) is 18.4 Å². The van der Waals surface area contributed by atoms with Crippen LogP contribution in [-0.4, -0.2) is 17.2 Å². The van der Waals surface area contributed by atoms with Crippen molar-refractivity contribution in [3.63, 3.8) is 0 Å². The van der Waals surface area contributed by atoms with Gasteiger partial charge in [0.2, 0.25) is 6.29 Å². The fourth-order valence-electron chi connectivity index (χ4n) is 0.899. The van der Waals surface area contributed by atoms with E-state index < -0.39 is 0 Å². The van der Waals surface area contributed by atoms with Gasteiger partial charge in [0.25, 0.3) is 0 Å². The molecule has 1 radical (unpaired) electrons. The number of hydrogen-bond acceptors (Lipinski definition) is 3. The van der Waals surface area contributed by atoms with Crippen molar-refractivity contribution >= 4 is 18.2 Å². The van der Waals surface area contributed by atoms with Crippen LogP contribution >= 0.6 is 0 Å². The average Bonchev–Trinajstić information content (AvgIpc) is 2.16. The van der Waals surface area contributed by atoms with Crippen molar-refractivity contribution in [2.45, 2.75) is 0 Å². The number of phenolic OH excluding ortho intramolecular Hbond substituents is 1. The maximum atomic E-state index is 10.4. The lowest BCUT2D eigenvalue weighted by Gasteiger charge is -1.96. The Hall–Kier alpha value is -2.10. The third-order valence-corrected chi connectivity index (χ3v) is 1.60. The summed E-state index contributed by atoms with van der Waals surface area (Å²) in [6.45, 7) is 0. The first-order chi connectivity index (χ1) is 6.63. The summed E-state index contributed by atoms with van der Waals surface area (Å²) >= 11 is 0. The highest BCUT2D eigenvalue weighted by atomic mass is 16.3. The predicted molar refractivity (Wildman–Crippen MR) is 53.7 cm³/mol. The van der Waals surface area contributed by atoms with Crippen LogP contribution in [0.2, 0.25) is 0 Å². The molecule has 1 rings (SSSR count). The highest BCUT2D eigenvalue weighted by molar-refractivity contribution is 6.15. The van der Waals surface area contributed by atoms with Gasteiger partial charge < -0.3 is 10.8 Å². The van der Waals surface area contributed by atoms with Crippen molar-refractivity contribution in [1.29, 1.82) is 5.41 Å². The molecule has 1 aromatic rings. The Morgan fingerprint density at radius 3 is 2.43 bits per heavy atom. The van der Waals surface area contributed by atoms with Crippen LogP contribution < -0.4 is 5.73 Å². The molecule has 0 unspecified atom stereocenters. The van der Waals surface area contributed by atoms with Crippen LogP contribution in [-0.2, 0) is 4.79 Å². The molecule has 0 bridgehead atoms. The second-order valence-electron chi connectivity index (χ2n) is 2.67. The summed E-state index contributed by atoms with van der Waals surface area (Å²) in [5, 5.41) is 16.0. The van der Waals surface area contributed by atoms with Crippen molar-refractivity contribution < 1.29 is 9.90 Å². The Bertz CT molecular complexity index is 380. The summed E-state index contributed by atoms with van der Waals surface area (Å²) in [5.74, 6) is -0.185. The smallest absolute Gasteiger partial charge is 0.237 e. The summed E-state index contributed by atoms with van der Waals surface area (Å²) in [4.78, 5) is 10.4. The molecule has 0 saturated heterocycles. The largest absolute Gasteiger partial charge is 0.508 e. The number of phenols is 1. The maximum absolute atomic E-state index is 10.4. The Kier molecular flexibility index (Phi) is 3.01. The number of nitrogens with one attached hydrogen (secondary N) is 1. The fourth-order valence-corrected chi connectivity index (χ4v) is 0.899. The number of nitrogens with two attached hydrogens (primary N) is 1. The van der Waals surface area contributed by atoms with Crippen LogP contribution in [0.1, 0.15) is 5.56 Å². The first kappa shape index (κ1) is 9.98. The summed E-state index contributed by atoms with van der Waals surface area (Å²) in [5.41, 5.74) is 5.80. The van der Waals surface area contributed by atoms with Gasteiger partial charge in [0.15, 0.2) is 0 Å². The maximum Gasteiger partial charge on any atom is 0.237 e. The molecule has 0 atom stereocenters. The van der Waals surface area contributed by atoms with Gasteiger partial charge in [-0.05, 0) is 23.8 Å². The third kappa shape index (κ3) is 2.45. The average molecular weight is 189 g/mol. The quantitative estimate of drug-likeness (QED) is 0.373. The normalized spacial score (nSPS) is 11.0. The Morgan fingerprint density at radius 1 is 1.43 bits per heavy atom. The van der Waals surface area contributed by atoms with Gasteiger partial charge in [-0.1, -0.05) is 12.1 Å². The SMILES string of the molecule is N=C(N)/C([C]=O)=C\c1ccc(O)cc1. The standard InChI is InChI=1S/C10H9N2O2/c11-10(12)8(6-13)5-7-1-3-9(14)4-2-7/h1-5,14H,(H3,11,12)/b8-5-. The number of carbonyl (C=O) groups excluding carboxylic acids is 1. The van der Waals surface area contributed by atoms with E-state index in [-0.39, 0.29) is 17.2 Å². The number of rotatable bonds is 3. The molecule has 0 amide bonds. The van der Waals surface area contributed by atoms with E-state index in [4.69, 9.17) is 16.2 Å². The van der Waals surface area contributed by atoms with E-state index >= 15 is 0 Å². The van der Waals surface area contributed by atoms with Gasteiger partial charge in [0.05, 0.1) is 5.57 Å². The van der Waals surface area contributed by atoms with Crippen LogP contribution in [0.25, 0.3) is 6.08 Å². The Labute approximate surface area is 81.2 Å². The zero-order valence-electron chi connectivity index (χ0n) is 7.32. The Morgan fingerprint density at radius 2 is 2.00 bits per heavy atom. The van der Waals surface area contributed by atoms with Gasteiger partial charge in [-0.25, -0.2) is 0 Å². The topological polar surface area (TPSA) is 87.2 Å². The van der Waals surface area contributed by atoms with Gasteiger partial charge in [0, 0.05) is 0 Å². The molecule has 0 aliphatic heterocycles. The zero-order valence-corrected chi connectivity index (χ0v) is 7.32. The summed E-state index contributed by atoms with van der Waals surface area (Å²) < 4.78 is 0. The number of aromatic hydroxyl groups is 1. The van der Waals surface area contributed by atoms with Crippen LogP contribution in [0, 0.1) is 5.41 Å². The minimum Gasteiger partial charge on any atom is -0.508 e. The molecule has 1 aromatic carbocycles. The number of hydrogen-bond donors (Lipinski definition) is 3. The lowest BCUT2D eigenvalue weighted by molar-refractivity contribution is 0.475. The van der Waals surface area contributed by atoms with Gasteiger partial charge >= 0.3 is 0 Å². The molecule has 0 spiro atoms. The summed E-state index contributed by atoms with van der Waals surface area (Å²) in [7, 11) is 0. The predicted octanol–water partition coefficient (Wildman–Crippen LogP) is 0.821. The second-order valence-corrected chi connectivity index (χ2v) is 2.67. The zero-order chi connectivity index (χ0) is 10.6. The lowest BCUT2D eigenvalue weighted by Crippen LogP contribution is -2.13. The van der Waals surface area contributed by atoms with Crippen LogP contribution in [0.15, 0.2) is 29.8 Å². The van der Waals surface area contributed by atoms with E-state index in [0.717, 1.165) is 0 Å². The summed E-state index contributed by atoms with van der Waals surface area (Å²) in [6, 6.07) is 6.17. The van der Waals surface area contributed by atoms with Gasteiger partial charge in [-0.15, -0.1) is 0 Å². The molecule has 0 heterocycles. The highest BCUT2D eigenvalue weighted by Gasteiger charge is 2.00. The van der Waals surface area contributed by atoms with E-state index in [1.807, 2.05) is 0 Å². The molecule has 0 aliphatic carbocycles. The van der Waals surface area contributed by atoms with Gasteiger partial charge in [-0.2, -0.15) is 0 Å². The lowest BCUT2D eigenvalue weighted by atomic mass is 10.1. The van der Waals surface area contributed by atoms with Crippen LogP contribution in [0.4, 0.5) is 0 Å². The monoisotopic (exact) mass is 189 g/mol. The molecule has 0 saturated carbocycles. The van der Waals surface area contributed by atoms with Crippen LogP contribution in [0.3, 0.4) is 0 Å². The van der Waals surface area contributed by atoms with Crippen molar-refractivity contribution in [3.8, 4) is 5.75 Å². The molecule has 4 heteroatoms. The molecular weight excluding hydrogens is 180 g/mol. The van der Waals surface area contributed by atoms with Gasteiger partial charge in [-0.3, -0.25) is 10.2 Å². The van der Waals surface area contributed by atoms with E-state index in [1.165, 1.54) is 18.2 Å². The first-order valence-electron chi connectivity index (χ1n) is 3.87.